The molecule has 0 aliphatic carbocycles. The van der Waals surface area contributed by atoms with Crippen LogP contribution in [0.3, 0.4) is 0 Å². The smallest absolute Gasteiger partial charge is 0.396 e. The van der Waals surface area contributed by atoms with E-state index in [1.54, 1.807) is 0 Å². The van der Waals surface area contributed by atoms with Crippen LogP contribution in [0.15, 0.2) is 0 Å². The molecule has 0 amide bonds. The molecule has 32 heavy (non-hydrogen) atoms. The number of aliphatic hydroxyl groups is 1. The molecule has 0 unspecified atom stereocenters. The van der Waals surface area contributed by atoms with Gasteiger partial charge < -0.3 is 5.11 Å². The van der Waals surface area contributed by atoms with E-state index in [0.29, 0.717) is 6.61 Å². The van der Waals surface area contributed by atoms with Gasteiger partial charge in [0.05, 0.1) is 0 Å². The Kier molecular flexibility index (Phi) is 36.5. The Morgan fingerprint density at radius 1 is 0.281 bits per heavy atom. The molecule has 0 saturated carbocycles. The predicted molar refractivity (Wildman–Crippen MR) is 148 cm³/mol. The zero-order valence-corrected chi connectivity index (χ0v) is 23.7. The van der Waals surface area contributed by atoms with Crippen LogP contribution in [0.4, 0.5) is 0 Å². The van der Waals surface area contributed by atoms with Crippen molar-refractivity contribution in [1.29, 1.82) is 0 Å². The molecule has 188 valence electrons. The molecule has 0 bridgehead atoms. The van der Waals surface area contributed by atoms with Gasteiger partial charge in [0, 0.05) is 6.61 Å². The summed E-state index contributed by atoms with van der Waals surface area (Å²) in [5.74, 6) is 0. The molecule has 0 rings (SSSR count). The summed E-state index contributed by atoms with van der Waals surface area (Å²) in [5, 5.41) is 8.76. The van der Waals surface area contributed by atoms with Crippen LogP contribution in [-0.2, 0) is 0 Å². The maximum absolute atomic E-state index is 8.76. The second-order valence-electron chi connectivity index (χ2n) is 10.3. The Labute approximate surface area is 215 Å². The van der Waals surface area contributed by atoms with Crippen LogP contribution >= 0.6 is 0 Å². The number of hydrogen-bond donors (Lipinski definition) is 1. The third-order valence-corrected chi connectivity index (χ3v) is 7.01. The van der Waals surface area contributed by atoms with E-state index in [2.05, 4.69) is 6.92 Å². The summed E-state index contributed by atoms with van der Waals surface area (Å²) in [7, 11) is 0. The summed E-state index contributed by atoms with van der Waals surface area (Å²) < 4.78 is 0. The minimum Gasteiger partial charge on any atom is -0.396 e. The van der Waals surface area contributed by atoms with Crippen molar-refractivity contribution >= 4 is 17.4 Å². The van der Waals surface area contributed by atoms with Crippen LogP contribution in [0.5, 0.6) is 0 Å². The minimum absolute atomic E-state index is 0. The van der Waals surface area contributed by atoms with Gasteiger partial charge in [0.25, 0.3) is 0 Å². The molecule has 1 N–H and O–H groups in total. The Morgan fingerprint density at radius 3 is 0.594 bits per heavy atom. The fourth-order valence-corrected chi connectivity index (χ4v) is 4.78. The first-order valence-electron chi connectivity index (χ1n) is 15.0. The number of rotatable bonds is 28. The maximum atomic E-state index is 8.76. The zero-order chi connectivity index (χ0) is 22.5. The van der Waals surface area contributed by atoms with Gasteiger partial charge >= 0.3 is 17.4 Å². The van der Waals surface area contributed by atoms with Crippen LogP contribution in [0.25, 0.3) is 0 Å². The SMILES string of the molecule is CCCCCCCCCCCCCCCCCCCCCCCCCCCCCCO.[Al+3]. The van der Waals surface area contributed by atoms with Crippen molar-refractivity contribution in [3.63, 3.8) is 0 Å². The summed E-state index contributed by atoms with van der Waals surface area (Å²) in [6.45, 7) is 2.68. The Morgan fingerprint density at radius 2 is 0.438 bits per heavy atom. The average molecular weight is 466 g/mol. The topological polar surface area (TPSA) is 20.2 Å². The molecule has 0 aliphatic rings. The molecular weight excluding hydrogens is 403 g/mol. The summed E-state index contributed by atoms with van der Waals surface area (Å²) in [6.07, 6.45) is 40.1. The molecule has 0 aromatic rings. The van der Waals surface area contributed by atoms with Crippen LogP contribution in [-0.4, -0.2) is 29.1 Å². The van der Waals surface area contributed by atoms with Gasteiger partial charge in [-0.1, -0.05) is 180 Å². The third kappa shape index (κ3) is 32.7. The molecule has 0 heterocycles. The van der Waals surface area contributed by atoms with Crippen molar-refractivity contribution in [3.8, 4) is 0 Å². The first kappa shape index (κ1) is 34.7. The van der Waals surface area contributed by atoms with E-state index in [-0.39, 0.29) is 17.4 Å². The third-order valence-electron chi connectivity index (χ3n) is 7.01. The largest absolute Gasteiger partial charge is 3.00 e. The van der Waals surface area contributed by atoms with Crippen LogP contribution in [0, 0.1) is 0 Å². The Hall–Kier alpha value is 0.492. The zero-order valence-electron chi connectivity index (χ0n) is 22.5. The van der Waals surface area contributed by atoms with Crippen molar-refractivity contribution in [1.82, 2.24) is 0 Å². The van der Waals surface area contributed by atoms with Crippen molar-refractivity contribution < 1.29 is 5.11 Å². The molecule has 0 saturated heterocycles. The molecule has 0 fully saturated rings. The first-order chi connectivity index (χ1) is 15.4. The van der Waals surface area contributed by atoms with E-state index < -0.39 is 0 Å². The van der Waals surface area contributed by atoms with Gasteiger partial charge in [-0.2, -0.15) is 0 Å². The van der Waals surface area contributed by atoms with E-state index in [1.165, 1.54) is 173 Å². The van der Waals surface area contributed by atoms with Gasteiger partial charge in [-0.15, -0.1) is 0 Å². The quantitative estimate of drug-likeness (QED) is 0.0899. The first-order valence-corrected chi connectivity index (χ1v) is 15.0. The standard InChI is InChI=1S/C30H62O.Al/c1-2-3-4-5-6-7-8-9-10-11-12-13-14-15-16-17-18-19-20-21-22-23-24-25-26-27-28-29-30-31;/h31H,2-30H2,1H3;/q;+3. The predicted octanol–water partition coefficient (Wildman–Crippen LogP) is 10.5. The van der Waals surface area contributed by atoms with Crippen LogP contribution in [0.2, 0.25) is 0 Å². The van der Waals surface area contributed by atoms with Crippen molar-refractivity contribution in [3.05, 3.63) is 0 Å². The van der Waals surface area contributed by atoms with Crippen molar-refractivity contribution in [2.24, 2.45) is 0 Å². The van der Waals surface area contributed by atoms with E-state index in [9.17, 15) is 0 Å². The molecule has 0 atom stereocenters. The van der Waals surface area contributed by atoms with E-state index >= 15 is 0 Å². The van der Waals surface area contributed by atoms with E-state index in [4.69, 9.17) is 5.11 Å². The van der Waals surface area contributed by atoms with Crippen LogP contribution < -0.4 is 0 Å². The summed E-state index contributed by atoms with van der Waals surface area (Å²) in [4.78, 5) is 0. The van der Waals surface area contributed by atoms with E-state index in [1.807, 2.05) is 0 Å². The van der Waals surface area contributed by atoms with E-state index in [0.717, 1.165) is 6.42 Å². The molecule has 0 aromatic carbocycles. The number of hydrogen-bond acceptors (Lipinski definition) is 1. The fourth-order valence-electron chi connectivity index (χ4n) is 4.78. The van der Waals surface area contributed by atoms with Gasteiger partial charge in [0.1, 0.15) is 0 Å². The molecule has 0 aliphatic heterocycles. The van der Waals surface area contributed by atoms with Gasteiger partial charge in [-0.3, -0.25) is 0 Å². The monoisotopic (exact) mass is 465 g/mol. The summed E-state index contributed by atoms with van der Waals surface area (Å²) >= 11 is 0. The summed E-state index contributed by atoms with van der Waals surface area (Å²) in [6, 6.07) is 0. The molecule has 0 radical (unpaired) electrons. The molecule has 2 heteroatoms. The van der Waals surface area contributed by atoms with Gasteiger partial charge in [0.15, 0.2) is 0 Å². The van der Waals surface area contributed by atoms with Crippen LogP contribution in [0.1, 0.15) is 187 Å². The Balaban J connectivity index is 0. The second kappa shape index (κ2) is 33.7. The average Bonchev–Trinajstić information content (AvgIpc) is 2.78. The minimum atomic E-state index is 0. The number of aliphatic hydroxyl groups excluding tert-OH is 1. The molecule has 0 aromatic heterocycles. The van der Waals surface area contributed by atoms with Gasteiger partial charge in [-0.25, -0.2) is 0 Å². The van der Waals surface area contributed by atoms with Crippen molar-refractivity contribution in [2.45, 2.75) is 187 Å². The second-order valence-corrected chi connectivity index (χ2v) is 10.3. The Bertz CT molecular complexity index is 267. The fraction of sp³-hybridized carbons (Fsp3) is 1.00. The molecule has 0 spiro atoms. The van der Waals surface area contributed by atoms with Gasteiger partial charge in [-0.05, 0) is 6.42 Å². The van der Waals surface area contributed by atoms with Gasteiger partial charge in [0.2, 0.25) is 0 Å². The normalized spacial score (nSPS) is 11.1. The van der Waals surface area contributed by atoms with Crippen molar-refractivity contribution in [2.75, 3.05) is 6.61 Å². The summed E-state index contributed by atoms with van der Waals surface area (Å²) in [5.41, 5.74) is 0. The molecule has 1 nitrogen and oxygen atoms in total. The molecular formula is C30H62AlO+3. The number of unbranched alkanes of at least 4 members (excludes halogenated alkanes) is 27. The maximum Gasteiger partial charge on any atom is 3.00 e.